The number of para-hydroxylation sites is 3. The summed E-state index contributed by atoms with van der Waals surface area (Å²) in [5, 5.41) is 5.04. The van der Waals surface area contributed by atoms with Crippen molar-refractivity contribution in [2.45, 2.75) is 0 Å². The molecule has 10 nitrogen and oxygen atoms in total. The molecule has 0 spiro atoms. The van der Waals surface area contributed by atoms with Gasteiger partial charge in [-0.1, -0.05) is 461 Å². The molecule has 0 saturated carbocycles. The maximum Gasteiger partial charge on any atom is 0.160 e. The highest BCUT2D eigenvalue weighted by Gasteiger charge is 2.26. The second-order valence-corrected chi connectivity index (χ2v) is 35.0. The van der Waals surface area contributed by atoms with Crippen LogP contribution in [0.5, 0.6) is 0 Å². The lowest BCUT2D eigenvalue weighted by Gasteiger charge is -2.17. The van der Waals surface area contributed by atoms with Crippen molar-refractivity contribution in [3.05, 3.63) is 546 Å². The van der Waals surface area contributed by atoms with Crippen LogP contribution in [0.15, 0.2) is 546 Å². The Balaban J connectivity index is 0.000000119. The lowest BCUT2D eigenvalue weighted by atomic mass is 9.91. The third-order valence-corrected chi connectivity index (χ3v) is 25.9. The van der Waals surface area contributed by atoms with Crippen LogP contribution in [0.25, 0.3) is 241 Å². The molecule has 0 unspecified atom stereocenters. The molecule has 6 aromatic heterocycles. The van der Waals surface area contributed by atoms with E-state index in [-0.39, 0.29) is 0 Å². The number of aromatic nitrogens is 10. The molecular formula is C133H90N10. The molecule has 0 atom stereocenters. The highest BCUT2D eigenvalue weighted by molar-refractivity contribution is 6.14. The Bertz CT molecular complexity index is 8690. The molecule has 25 rings (SSSR count). The smallest absolute Gasteiger partial charge is 0.160 e. The number of hydrogen-bond acceptors (Lipinski definition) is 9. The van der Waals surface area contributed by atoms with Gasteiger partial charge in [0.1, 0.15) is 5.82 Å². The molecule has 10 heteroatoms. The van der Waals surface area contributed by atoms with Crippen molar-refractivity contribution in [1.29, 1.82) is 0 Å². The van der Waals surface area contributed by atoms with Crippen LogP contribution < -0.4 is 0 Å². The summed E-state index contributed by atoms with van der Waals surface area (Å²) in [4.78, 5) is 45.7. The standard InChI is InChI=1S/C47H32N4.C44H30N4.C42H28N2/c1-5-15-35(16-6-1)43-44(36-17-7-2-8-18-36)49-46(38-19-9-3-10-20-38)50-45(43)37-29-25-33(26-30-37)34-27-31-39(32-28-34)47-48-41-23-13-14-24-42(41)51(47)40-21-11-4-12-22-40;1-4-14-32(15-5-1)41-42(33-16-6-2-7-17-33)47-44(35-18-8-3-9-19-35)48-43(41)34-24-22-31(23-25-34)36-28-37(39-20-10-12-26-45-39)30-38(29-36)40-21-11-13-27-46-40;1-4-14-30(15-5-1)39-40(31-16-6-2-7-17-31)43-42(33-18-8-3-9-19-33)44-41(39)32-26-24-29(25-27-32)38-28-34-20-10-11-21-35(34)36-22-12-13-23-37(36)38/h1-32H;1-30H;1-28H. The zero-order valence-electron chi connectivity index (χ0n) is 77.9. The van der Waals surface area contributed by atoms with Crippen molar-refractivity contribution in [2.24, 2.45) is 0 Å². The Morgan fingerprint density at radius 3 is 0.804 bits per heavy atom. The summed E-state index contributed by atoms with van der Waals surface area (Å²) in [5.74, 6) is 3.02. The number of hydrogen-bond donors (Lipinski definition) is 0. The molecule has 0 bridgehead atoms. The summed E-state index contributed by atoms with van der Waals surface area (Å²) >= 11 is 0. The minimum absolute atomic E-state index is 0.691. The number of imidazole rings is 1. The molecule has 6 heterocycles. The van der Waals surface area contributed by atoms with E-state index in [4.69, 9.17) is 34.9 Å². The summed E-state index contributed by atoms with van der Waals surface area (Å²) in [6, 6.07) is 185. The van der Waals surface area contributed by atoms with E-state index in [2.05, 4.69) is 409 Å². The van der Waals surface area contributed by atoms with Crippen molar-refractivity contribution < 1.29 is 0 Å². The van der Waals surface area contributed by atoms with Gasteiger partial charge >= 0.3 is 0 Å². The van der Waals surface area contributed by atoms with Gasteiger partial charge in [0.25, 0.3) is 0 Å². The van der Waals surface area contributed by atoms with Crippen LogP contribution in [0, 0.1) is 0 Å². The van der Waals surface area contributed by atoms with Crippen molar-refractivity contribution >= 4 is 32.6 Å². The maximum absolute atomic E-state index is 5.26. The van der Waals surface area contributed by atoms with Gasteiger partial charge in [0.15, 0.2) is 17.5 Å². The Morgan fingerprint density at radius 1 is 0.161 bits per heavy atom. The van der Waals surface area contributed by atoms with Crippen LogP contribution in [0.4, 0.5) is 0 Å². The molecule has 25 aromatic rings. The largest absolute Gasteiger partial charge is 0.292 e. The summed E-state index contributed by atoms with van der Waals surface area (Å²) in [6.07, 6.45) is 3.66. The predicted molar refractivity (Wildman–Crippen MR) is 589 cm³/mol. The number of benzene rings is 19. The lowest BCUT2D eigenvalue weighted by Crippen LogP contribution is -2.00. The molecule has 0 aliphatic heterocycles. The Hall–Kier alpha value is -19.3. The number of pyridine rings is 2. The number of nitrogens with zero attached hydrogens (tertiary/aromatic N) is 10. The Labute approximate surface area is 830 Å². The average molecular weight is 1830 g/mol. The van der Waals surface area contributed by atoms with E-state index in [9.17, 15) is 0 Å². The molecule has 143 heavy (non-hydrogen) atoms. The molecule has 0 N–H and O–H groups in total. The van der Waals surface area contributed by atoms with Gasteiger partial charge in [-0.2, -0.15) is 0 Å². The Morgan fingerprint density at radius 2 is 0.434 bits per heavy atom. The monoisotopic (exact) mass is 1830 g/mol. The van der Waals surface area contributed by atoms with Crippen LogP contribution in [0.2, 0.25) is 0 Å². The SMILES string of the molecule is c1ccc(-c2nc(-c3ccccc3)c(-c3ccccc3)c(-c3ccc(-c4cc(-c5ccccn5)cc(-c5ccccn5)c4)cc3)n2)cc1.c1ccc(-c2nc(-c3ccccc3)c(-c3ccccc3)c(-c3ccc(-c4cc5ccccc5c5ccccc45)cc3)n2)cc1.c1ccc(-c2nc(-c3ccccc3)c(-c3ccccc3)c(-c3ccc(-c4ccc(-c5nc6ccccc6n5-c5ccccc5)cc4)cc3)n2)cc1. The van der Waals surface area contributed by atoms with Crippen LogP contribution in [0.3, 0.4) is 0 Å². The van der Waals surface area contributed by atoms with E-state index in [1.165, 1.54) is 32.7 Å². The van der Waals surface area contributed by atoms with Gasteiger partial charge in [0.2, 0.25) is 0 Å². The first-order valence-electron chi connectivity index (χ1n) is 48.0. The van der Waals surface area contributed by atoms with Gasteiger partial charge in [-0.15, -0.1) is 0 Å². The fourth-order valence-electron chi connectivity index (χ4n) is 19.0. The Kier molecular flexibility index (Phi) is 24.9. The summed E-state index contributed by atoms with van der Waals surface area (Å²) in [5.41, 5.74) is 35.9. The van der Waals surface area contributed by atoms with Gasteiger partial charge in [-0.3, -0.25) is 14.5 Å². The molecule has 19 aromatic carbocycles. The third kappa shape index (κ3) is 18.6. The molecule has 0 saturated heterocycles. The quantitative estimate of drug-likeness (QED) is 0.0729. The molecule has 0 aliphatic rings. The van der Waals surface area contributed by atoms with Crippen LogP contribution in [-0.2, 0) is 0 Å². The normalized spacial score (nSPS) is 11.1. The highest BCUT2D eigenvalue weighted by atomic mass is 15.1. The second kappa shape index (κ2) is 40.6. The minimum atomic E-state index is 0.691. The maximum atomic E-state index is 5.26. The second-order valence-electron chi connectivity index (χ2n) is 35.0. The zero-order chi connectivity index (χ0) is 95.4. The first-order chi connectivity index (χ1) is 70.9. The molecule has 672 valence electrons. The van der Waals surface area contributed by atoms with Crippen molar-refractivity contribution in [3.63, 3.8) is 0 Å². The zero-order valence-corrected chi connectivity index (χ0v) is 77.9. The fraction of sp³-hybridized carbons (Fsp3) is 0. The summed E-state index contributed by atoms with van der Waals surface area (Å²) in [6.45, 7) is 0. The molecule has 0 radical (unpaired) electrons. The van der Waals surface area contributed by atoms with E-state index in [0.29, 0.717) is 17.5 Å². The van der Waals surface area contributed by atoms with Gasteiger partial charge in [0, 0.05) is 102 Å². The van der Waals surface area contributed by atoms with E-state index < -0.39 is 0 Å². The third-order valence-electron chi connectivity index (χ3n) is 25.9. The predicted octanol–water partition coefficient (Wildman–Crippen LogP) is 33.9. The van der Waals surface area contributed by atoms with Crippen LogP contribution in [0.1, 0.15) is 0 Å². The van der Waals surface area contributed by atoms with Gasteiger partial charge in [-0.25, -0.2) is 34.9 Å². The first-order valence-corrected chi connectivity index (χ1v) is 48.0. The fourth-order valence-corrected chi connectivity index (χ4v) is 19.0. The first kappa shape index (κ1) is 87.7. The van der Waals surface area contributed by atoms with Crippen molar-refractivity contribution in [3.8, 4) is 208 Å². The van der Waals surface area contributed by atoms with Gasteiger partial charge < -0.3 is 0 Å². The minimum Gasteiger partial charge on any atom is -0.292 e. The van der Waals surface area contributed by atoms with Crippen LogP contribution in [-0.4, -0.2) is 49.4 Å². The van der Waals surface area contributed by atoms with E-state index in [0.717, 1.165) is 190 Å². The molecule has 0 aliphatic carbocycles. The molecule has 0 amide bonds. The topological polar surface area (TPSA) is 121 Å². The lowest BCUT2D eigenvalue weighted by molar-refractivity contribution is 1.10. The number of rotatable bonds is 19. The molecule has 0 fully saturated rings. The summed E-state index contributed by atoms with van der Waals surface area (Å²) < 4.78 is 2.23. The van der Waals surface area contributed by atoms with E-state index in [1.54, 1.807) is 0 Å². The summed E-state index contributed by atoms with van der Waals surface area (Å²) in [7, 11) is 0. The average Bonchev–Trinajstić information content (AvgIpc) is 1.36. The highest BCUT2D eigenvalue weighted by Crippen LogP contribution is 2.47. The number of fused-ring (bicyclic) bond motifs is 4. The van der Waals surface area contributed by atoms with E-state index >= 15 is 0 Å². The van der Waals surface area contributed by atoms with Gasteiger partial charge in [0.05, 0.1) is 56.6 Å². The molecular weight excluding hydrogens is 1740 g/mol. The van der Waals surface area contributed by atoms with E-state index in [1.807, 2.05) is 152 Å². The van der Waals surface area contributed by atoms with Gasteiger partial charge in [-0.05, 0) is 144 Å². The van der Waals surface area contributed by atoms with Crippen LogP contribution >= 0.6 is 0 Å². The van der Waals surface area contributed by atoms with Crippen molar-refractivity contribution in [1.82, 2.24) is 49.4 Å². The van der Waals surface area contributed by atoms with Crippen molar-refractivity contribution in [2.75, 3.05) is 0 Å².